The van der Waals surface area contributed by atoms with Gasteiger partial charge in [0.25, 0.3) is 0 Å². The molecule has 20 heavy (non-hydrogen) atoms. The maximum atomic E-state index is 9.66. The Kier molecular flexibility index (Phi) is 5.48. The molecule has 1 aromatic heterocycles. The van der Waals surface area contributed by atoms with Crippen molar-refractivity contribution in [3.63, 3.8) is 0 Å². The number of halogens is 1. The summed E-state index contributed by atoms with van der Waals surface area (Å²) in [6, 6.07) is 7.88. The van der Waals surface area contributed by atoms with E-state index < -0.39 is 0 Å². The second-order valence-corrected chi connectivity index (χ2v) is 5.88. The molecule has 0 amide bonds. The first-order valence-electron chi connectivity index (χ1n) is 6.65. The normalized spacial score (nSPS) is 13.1. The minimum atomic E-state index is -0.0968. The van der Waals surface area contributed by atoms with Crippen LogP contribution in [0, 0.1) is 0 Å². The van der Waals surface area contributed by atoms with E-state index in [1.807, 2.05) is 38.4 Å². The Bertz CT molecular complexity index is 574. The summed E-state index contributed by atoms with van der Waals surface area (Å²) in [4.78, 5) is 6.57. The predicted octanol–water partition coefficient (Wildman–Crippen LogP) is 2.18. The van der Waals surface area contributed by atoms with Crippen LogP contribution in [0.25, 0.3) is 10.9 Å². The molecule has 0 spiro atoms. The van der Waals surface area contributed by atoms with Gasteiger partial charge in [-0.25, -0.2) is 0 Å². The first-order valence-corrected chi connectivity index (χ1v) is 7.45. The largest absolute Gasteiger partial charge is 0.394 e. The number of hydrogen-bond donors (Lipinski definition) is 2. The number of benzene rings is 1. The highest BCUT2D eigenvalue weighted by Gasteiger charge is 2.15. The van der Waals surface area contributed by atoms with Crippen LogP contribution in [0.4, 0.5) is 0 Å². The van der Waals surface area contributed by atoms with E-state index in [9.17, 15) is 5.11 Å². The maximum absolute atomic E-state index is 9.66. The van der Waals surface area contributed by atoms with E-state index in [-0.39, 0.29) is 12.6 Å². The van der Waals surface area contributed by atoms with Crippen LogP contribution >= 0.6 is 15.9 Å². The van der Waals surface area contributed by atoms with Crippen molar-refractivity contribution < 1.29 is 5.11 Å². The van der Waals surface area contributed by atoms with Gasteiger partial charge in [0, 0.05) is 29.1 Å². The zero-order valence-corrected chi connectivity index (χ0v) is 13.4. The average molecular weight is 338 g/mol. The predicted molar refractivity (Wildman–Crippen MR) is 85.8 cm³/mol. The Morgan fingerprint density at radius 1 is 1.35 bits per heavy atom. The molecule has 0 fully saturated rings. The zero-order valence-electron chi connectivity index (χ0n) is 11.8. The lowest BCUT2D eigenvalue weighted by molar-refractivity contribution is 0.241. The van der Waals surface area contributed by atoms with Gasteiger partial charge in [-0.15, -0.1) is 0 Å². The third-order valence-electron chi connectivity index (χ3n) is 3.26. The molecule has 1 aromatic carbocycles. The van der Waals surface area contributed by atoms with E-state index >= 15 is 0 Å². The van der Waals surface area contributed by atoms with Gasteiger partial charge in [0.15, 0.2) is 0 Å². The summed E-state index contributed by atoms with van der Waals surface area (Å²) in [5.41, 5.74) is 1.96. The highest BCUT2D eigenvalue weighted by molar-refractivity contribution is 9.10. The molecule has 2 rings (SSSR count). The van der Waals surface area contributed by atoms with Gasteiger partial charge in [-0.1, -0.05) is 28.1 Å². The lowest BCUT2D eigenvalue weighted by Gasteiger charge is -2.20. The molecule has 0 saturated heterocycles. The van der Waals surface area contributed by atoms with Gasteiger partial charge in [0.2, 0.25) is 0 Å². The number of rotatable bonds is 6. The van der Waals surface area contributed by atoms with Crippen molar-refractivity contribution in [2.24, 2.45) is 0 Å². The summed E-state index contributed by atoms with van der Waals surface area (Å²) in [5, 5.41) is 14.1. The Labute approximate surface area is 127 Å². The molecule has 2 N–H and O–H groups in total. The SMILES string of the molecule is CN(C)CCNC(CO)c1ccc(Br)c2cccnc12. The minimum absolute atomic E-state index is 0.0563. The van der Waals surface area contributed by atoms with E-state index in [1.54, 1.807) is 6.20 Å². The molecule has 0 bridgehead atoms. The molecule has 0 saturated carbocycles. The first kappa shape index (κ1) is 15.4. The van der Waals surface area contributed by atoms with Gasteiger partial charge >= 0.3 is 0 Å². The number of nitrogens with one attached hydrogen (secondary N) is 1. The third-order valence-corrected chi connectivity index (χ3v) is 3.95. The molecular weight excluding hydrogens is 318 g/mol. The smallest absolute Gasteiger partial charge is 0.0761 e. The van der Waals surface area contributed by atoms with Crippen molar-refractivity contribution in [3.8, 4) is 0 Å². The lowest BCUT2D eigenvalue weighted by atomic mass is 10.0. The number of aliphatic hydroxyl groups is 1. The van der Waals surface area contributed by atoms with Gasteiger partial charge in [-0.3, -0.25) is 4.98 Å². The monoisotopic (exact) mass is 337 g/mol. The first-order chi connectivity index (χ1) is 9.63. The molecule has 1 atom stereocenters. The summed E-state index contributed by atoms with van der Waals surface area (Å²) in [6.45, 7) is 1.81. The van der Waals surface area contributed by atoms with Crippen LogP contribution < -0.4 is 5.32 Å². The highest BCUT2D eigenvalue weighted by atomic mass is 79.9. The molecule has 1 unspecified atom stereocenters. The summed E-state index contributed by atoms with van der Waals surface area (Å²) < 4.78 is 1.02. The van der Waals surface area contributed by atoms with Crippen molar-refractivity contribution >= 4 is 26.8 Å². The Balaban J connectivity index is 2.28. The van der Waals surface area contributed by atoms with E-state index in [4.69, 9.17) is 0 Å². The van der Waals surface area contributed by atoms with Crippen LogP contribution in [0.5, 0.6) is 0 Å². The highest BCUT2D eigenvalue weighted by Crippen LogP contribution is 2.28. The maximum Gasteiger partial charge on any atom is 0.0761 e. The lowest BCUT2D eigenvalue weighted by Crippen LogP contribution is -2.31. The number of aliphatic hydroxyl groups excluding tert-OH is 1. The van der Waals surface area contributed by atoms with Crippen LogP contribution in [-0.2, 0) is 0 Å². The summed E-state index contributed by atoms with van der Waals surface area (Å²) in [7, 11) is 4.07. The molecule has 1 heterocycles. The number of fused-ring (bicyclic) bond motifs is 1. The number of likely N-dealkylation sites (N-methyl/N-ethyl adjacent to an activating group) is 1. The molecular formula is C15H20BrN3O. The Hall–Kier alpha value is -1.01. The van der Waals surface area contributed by atoms with Crippen LogP contribution in [0.1, 0.15) is 11.6 Å². The minimum Gasteiger partial charge on any atom is -0.394 e. The van der Waals surface area contributed by atoms with Gasteiger partial charge in [-0.05, 0) is 31.8 Å². The standard InChI is InChI=1S/C15H20BrN3O/c1-19(2)9-8-17-14(10-20)12-5-6-13(16)11-4-3-7-18-15(11)12/h3-7,14,17,20H,8-10H2,1-2H3. The van der Waals surface area contributed by atoms with Gasteiger partial charge < -0.3 is 15.3 Å². The zero-order chi connectivity index (χ0) is 14.5. The van der Waals surface area contributed by atoms with Crippen LogP contribution in [-0.4, -0.2) is 48.8 Å². The number of nitrogens with zero attached hydrogens (tertiary/aromatic N) is 2. The molecule has 0 radical (unpaired) electrons. The van der Waals surface area contributed by atoms with Gasteiger partial charge in [-0.2, -0.15) is 0 Å². The summed E-state index contributed by atoms with van der Waals surface area (Å²) in [6.07, 6.45) is 1.78. The molecule has 5 heteroatoms. The van der Waals surface area contributed by atoms with E-state index in [0.29, 0.717) is 0 Å². The van der Waals surface area contributed by atoms with Gasteiger partial charge in [0.05, 0.1) is 18.2 Å². The fourth-order valence-electron chi connectivity index (χ4n) is 2.18. The molecule has 0 aliphatic heterocycles. The molecule has 4 nitrogen and oxygen atoms in total. The summed E-state index contributed by atoms with van der Waals surface area (Å²) >= 11 is 3.54. The van der Waals surface area contributed by atoms with Crippen molar-refractivity contribution in [3.05, 3.63) is 40.5 Å². The Morgan fingerprint density at radius 3 is 2.85 bits per heavy atom. The Morgan fingerprint density at radius 2 is 2.15 bits per heavy atom. The van der Waals surface area contributed by atoms with Crippen molar-refractivity contribution in [1.82, 2.24) is 15.2 Å². The topological polar surface area (TPSA) is 48.4 Å². The molecule has 0 aliphatic rings. The second-order valence-electron chi connectivity index (χ2n) is 5.03. The number of aromatic nitrogens is 1. The van der Waals surface area contributed by atoms with Crippen molar-refractivity contribution in [2.75, 3.05) is 33.8 Å². The molecule has 0 aliphatic carbocycles. The molecule has 108 valence electrons. The van der Waals surface area contributed by atoms with Gasteiger partial charge in [0.1, 0.15) is 0 Å². The van der Waals surface area contributed by atoms with Crippen LogP contribution in [0.3, 0.4) is 0 Å². The third kappa shape index (κ3) is 3.55. The van der Waals surface area contributed by atoms with E-state index in [1.165, 1.54) is 0 Å². The number of hydrogen-bond acceptors (Lipinski definition) is 4. The van der Waals surface area contributed by atoms with Crippen molar-refractivity contribution in [2.45, 2.75) is 6.04 Å². The average Bonchev–Trinajstić information content (AvgIpc) is 2.45. The van der Waals surface area contributed by atoms with Crippen LogP contribution in [0.15, 0.2) is 34.9 Å². The molecule has 2 aromatic rings. The fraction of sp³-hybridized carbons (Fsp3) is 0.400. The van der Waals surface area contributed by atoms with Crippen LogP contribution in [0.2, 0.25) is 0 Å². The summed E-state index contributed by atoms with van der Waals surface area (Å²) in [5.74, 6) is 0. The van der Waals surface area contributed by atoms with E-state index in [0.717, 1.165) is 34.0 Å². The number of pyridine rings is 1. The van der Waals surface area contributed by atoms with Crippen molar-refractivity contribution in [1.29, 1.82) is 0 Å². The fourth-order valence-corrected chi connectivity index (χ4v) is 2.63. The quantitative estimate of drug-likeness (QED) is 0.848. The second kappa shape index (κ2) is 7.13. The van der Waals surface area contributed by atoms with E-state index in [2.05, 4.69) is 31.1 Å².